The molecule has 0 saturated heterocycles. The third kappa shape index (κ3) is 4.02. The fraction of sp³-hybridized carbons (Fsp3) is 0.625. The lowest BCUT2D eigenvalue weighted by atomic mass is 10.1. The zero-order valence-corrected chi connectivity index (χ0v) is 11.6. The molecule has 1 aliphatic rings. The topological polar surface area (TPSA) is 22.4 Å². The number of aryl methyl sites for hydroxylation is 2. The van der Waals surface area contributed by atoms with Crippen molar-refractivity contribution < 1.29 is 9.15 Å². The first kappa shape index (κ1) is 13.4. The molecule has 0 unspecified atom stereocenters. The zero-order chi connectivity index (χ0) is 12.8. The zero-order valence-electron chi connectivity index (χ0n) is 11.6. The molecule has 2 heteroatoms. The van der Waals surface area contributed by atoms with Crippen LogP contribution in [0.2, 0.25) is 0 Å². The SMILES string of the molecule is C/C1=C/CCCCCCc2cc(C)c(o2)COC1. The van der Waals surface area contributed by atoms with E-state index in [-0.39, 0.29) is 0 Å². The molecular formula is C16H24O2. The predicted octanol–water partition coefficient (Wildman–Crippen LogP) is 4.56. The monoisotopic (exact) mass is 248 g/mol. The summed E-state index contributed by atoms with van der Waals surface area (Å²) in [5.41, 5.74) is 2.55. The second-order valence-corrected chi connectivity index (χ2v) is 5.32. The summed E-state index contributed by atoms with van der Waals surface area (Å²) in [4.78, 5) is 0. The first-order valence-electron chi connectivity index (χ1n) is 7.07. The van der Waals surface area contributed by atoms with Crippen LogP contribution in [0.5, 0.6) is 0 Å². The molecule has 2 bridgehead atoms. The van der Waals surface area contributed by atoms with Crippen LogP contribution >= 0.6 is 0 Å². The number of rotatable bonds is 0. The predicted molar refractivity (Wildman–Crippen MR) is 73.6 cm³/mol. The van der Waals surface area contributed by atoms with Crippen LogP contribution in [-0.2, 0) is 17.8 Å². The van der Waals surface area contributed by atoms with Crippen molar-refractivity contribution in [2.75, 3.05) is 6.61 Å². The van der Waals surface area contributed by atoms with E-state index >= 15 is 0 Å². The van der Waals surface area contributed by atoms with Gasteiger partial charge in [-0.1, -0.05) is 24.5 Å². The summed E-state index contributed by atoms with van der Waals surface area (Å²) >= 11 is 0. The van der Waals surface area contributed by atoms with Crippen LogP contribution in [0.25, 0.3) is 0 Å². The average molecular weight is 248 g/mol. The highest BCUT2D eigenvalue weighted by molar-refractivity contribution is 5.19. The van der Waals surface area contributed by atoms with Gasteiger partial charge in [0.2, 0.25) is 0 Å². The molecule has 0 N–H and O–H groups in total. The van der Waals surface area contributed by atoms with Crippen molar-refractivity contribution in [1.82, 2.24) is 0 Å². The van der Waals surface area contributed by atoms with Gasteiger partial charge in [-0.05, 0) is 44.7 Å². The quantitative estimate of drug-likeness (QED) is 0.628. The molecule has 0 saturated carbocycles. The Morgan fingerprint density at radius 2 is 1.83 bits per heavy atom. The second kappa shape index (κ2) is 6.79. The van der Waals surface area contributed by atoms with Gasteiger partial charge >= 0.3 is 0 Å². The van der Waals surface area contributed by atoms with Gasteiger partial charge in [0.15, 0.2) is 0 Å². The Morgan fingerprint density at radius 3 is 2.72 bits per heavy atom. The third-order valence-corrected chi connectivity index (χ3v) is 3.50. The summed E-state index contributed by atoms with van der Waals surface area (Å²) in [6.45, 7) is 5.56. The van der Waals surface area contributed by atoms with E-state index in [0.29, 0.717) is 6.61 Å². The van der Waals surface area contributed by atoms with Gasteiger partial charge < -0.3 is 9.15 Å². The molecular weight excluding hydrogens is 224 g/mol. The first-order valence-corrected chi connectivity index (χ1v) is 7.07. The van der Waals surface area contributed by atoms with Crippen molar-refractivity contribution in [3.05, 3.63) is 34.8 Å². The maximum atomic E-state index is 5.85. The minimum absolute atomic E-state index is 0.594. The van der Waals surface area contributed by atoms with Crippen LogP contribution in [0.15, 0.2) is 22.1 Å². The minimum Gasteiger partial charge on any atom is -0.463 e. The molecule has 2 rings (SSSR count). The summed E-state index contributed by atoms with van der Waals surface area (Å²) in [6.07, 6.45) is 9.71. The number of allylic oxidation sites excluding steroid dienone is 1. The van der Waals surface area contributed by atoms with E-state index in [1.807, 2.05) is 0 Å². The number of furan rings is 1. The van der Waals surface area contributed by atoms with Crippen LogP contribution < -0.4 is 0 Å². The lowest BCUT2D eigenvalue weighted by molar-refractivity contribution is 0.124. The molecule has 18 heavy (non-hydrogen) atoms. The van der Waals surface area contributed by atoms with E-state index in [4.69, 9.17) is 9.15 Å². The van der Waals surface area contributed by atoms with E-state index < -0.39 is 0 Å². The molecule has 0 radical (unpaired) electrons. The number of hydrogen-bond donors (Lipinski definition) is 0. The van der Waals surface area contributed by atoms with Crippen molar-refractivity contribution >= 4 is 0 Å². The molecule has 1 aliphatic heterocycles. The number of ether oxygens (including phenoxy) is 1. The Balaban J connectivity index is 2.01. The van der Waals surface area contributed by atoms with E-state index in [0.717, 1.165) is 24.5 Å². The Bertz CT molecular complexity index is 401. The third-order valence-electron chi connectivity index (χ3n) is 3.50. The van der Waals surface area contributed by atoms with Crippen LogP contribution in [-0.4, -0.2) is 6.61 Å². The summed E-state index contributed by atoms with van der Waals surface area (Å²) in [7, 11) is 0. The van der Waals surface area contributed by atoms with E-state index in [1.54, 1.807) is 0 Å². The van der Waals surface area contributed by atoms with Gasteiger partial charge in [0, 0.05) is 6.42 Å². The molecule has 0 aliphatic carbocycles. The normalized spacial score (nSPS) is 22.0. The number of hydrogen-bond acceptors (Lipinski definition) is 2. The van der Waals surface area contributed by atoms with Crippen LogP contribution in [0.1, 0.15) is 56.1 Å². The largest absolute Gasteiger partial charge is 0.463 e. The fourth-order valence-electron chi connectivity index (χ4n) is 2.37. The number of fused-ring (bicyclic) bond motifs is 2. The van der Waals surface area contributed by atoms with Gasteiger partial charge in [-0.2, -0.15) is 0 Å². The van der Waals surface area contributed by atoms with Crippen molar-refractivity contribution in [1.29, 1.82) is 0 Å². The summed E-state index contributed by atoms with van der Waals surface area (Å²) < 4.78 is 11.6. The molecule has 0 atom stereocenters. The minimum atomic E-state index is 0.594. The molecule has 100 valence electrons. The summed E-state index contributed by atoms with van der Waals surface area (Å²) in [6, 6.07) is 2.17. The van der Waals surface area contributed by atoms with E-state index in [9.17, 15) is 0 Å². The molecule has 0 fully saturated rings. The fourth-order valence-corrected chi connectivity index (χ4v) is 2.37. The molecule has 2 heterocycles. The van der Waals surface area contributed by atoms with Crippen molar-refractivity contribution in [3.63, 3.8) is 0 Å². The molecule has 1 aromatic rings. The second-order valence-electron chi connectivity index (χ2n) is 5.32. The van der Waals surface area contributed by atoms with Crippen LogP contribution in [0.4, 0.5) is 0 Å². The highest BCUT2D eigenvalue weighted by atomic mass is 16.5. The standard InChI is InChI=1S/C16H24O2/c1-13-8-6-4-3-5-7-9-15-10-14(2)16(18-15)12-17-11-13/h8,10H,3-7,9,11-12H2,1-2H3/b13-8-. The smallest absolute Gasteiger partial charge is 0.132 e. The van der Waals surface area contributed by atoms with Crippen LogP contribution in [0, 0.1) is 6.92 Å². The maximum Gasteiger partial charge on any atom is 0.132 e. The van der Waals surface area contributed by atoms with E-state index in [2.05, 4.69) is 26.0 Å². The molecule has 0 spiro atoms. The van der Waals surface area contributed by atoms with Crippen molar-refractivity contribution in [2.24, 2.45) is 0 Å². The van der Waals surface area contributed by atoms with Crippen molar-refractivity contribution in [3.8, 4) is 0 Å². The summed E-state index contributed by atoms with van der Waals surface area (Å²) in [5.74, 6) is 2.12. The Hall–Kier alpha value is -1.02. The highest BCUT2D eigenvalue weighted by Gasteiger charge is 2.08. The maximum absolute atomic E-state index is 5.85. The molecule has 2 nitrogen and oxygen atoms in total. The van der Waals surface area contributed by atoms with Crippen LogP contribution in [0.3, 0.4) is 0 Å². The molecule has 0 amide bonds. The average Bonchev–Trinajstić information content (AvgIpc) is 2.68. The highest BCUT2D eigenvalue weighted by Crippen LogP contribution is 2.19. The van der Waals surface area contributed by atoms with Gasteiger partial charge in [0.1, 0.15) is 18.1 Å². The van der Waals surface area contributed by atoms with Gasteiger partial charge in [0.05, 0.1) is 6.61 Å². The Labute approximate surface area is 110 Å². The molecule has 0 aromatic carbocycles. The lowest BCUT2D eigenvalue weighted by Gasteiger charge is -2.05. The summed E-state index contributed by atoms with van der Waals surface area (Å²) in [5, 5.41) is 0. The molecule has 1 aromatic heterocycles. The van der Waals surface area contributed by atoms with Gasteiger partial charge in [-0.15, -0.1) is 0 Å². The van der Waals surface area contributed by atoms with Gasteiger partial charge in [0.25, 0.3) is 0 Å². The lowest BCUT2D eigenvalue weighted by Crippen LogP contribution is -1.97. The van der Waals surface area contributed by atoms with Gasteiger partial charge in [-0.25, -0.2) is 0 Å². The first-order chi connectivity index (χ1) is 8.75. The Kier molecular flexibility index (Phi) is 5.06. The van der Waals surface area contributed by atoms with Crippen molar-refractivity contribution in [2.45, 2.75) is 59.0 Å². The Morgan fingerprint density at radius 1 is 1.00 bits per heavy atom. The van der Waals surface area contributed by atoms with E-state index in [1.165, 1.54) is 43.2 Å². The van der Waals surface area contributed by atoms with Gasteiger partial charge in [-0.3, -0.25) is 0 Å².